The summed E-state index contributed by atoms with van der Waals surface area (Å²) in [6.07, 6.45) is 4.76. The Bertz CT molecular complexity index is 473. The molecule has 0 aliphatic carbocycles. The van der Waals surface area contributed by atoms with Crippen LogP contribution in [0.25, 0.3) is 11.3 Å². The molecule has 0 saturated carbocycles. The summed E-state index contributed by atoms with van der Waals surface area (Å²) in [6.45, 7) is 0. The summed E-state index contributed by atoms with van der Waals surface area (Å²) in [5, 5.41) is 8.65. The third-order valence-electron chi connectivity index (χ3n) is 1.74. The normalized spacial score (nSPS) is 9.36. The molecule has 0 N–H and O–H groups in total. The summed E-state index contributed by atoms with van der Waals surface area (Å²) in [6, 6.07) is 7.31. The highest BCUT2D eigenvalue weighted by Crippen LogP contribution is 2.14. The Balaban J connectivity index is 2.49. The van der Waals surface area contributed by atoms with Gasteiger partial charge < -0.3 is 0 Å². The van der Waals surface area contributed by atoms with Crippen LogP contribution in [0.4, 0.5) is 0 Å². The van der Waals surface area contributed by atoms with Gasteiger partial charge in [0.15, 0.2) is 0 Å². The first-order valence-corrected chi connectivity index (χ1v) is 4.02. The Morgan fingerprint density at radius 3 is 2.93 bits per heavy atom. The van der Waals surface area contributed by atoms with E-state index in [9.17, 15) is 0 Å². The van der Waals surface area contributed by atoms with Gasteiger partial charge in [-0.1, -0.05) is 0 Å². The molecule has 0 amide bonds. The molecule has 2 heterocycles. The van der Waals surface area contributed by atoms with Crippen molar-refractivity contribution in [2.75, 3.05) is 0 Å². The molecule has 2 rings (SSSR count). The van der Waals surface area contributed by atoms with Crippen molar-refractivity contribution < 1.29 is 0 Å². The number of nitrogens with zero attached hydrogens (tertiary/aromatic N) is 4. The summed E-state index contributed by atoms with van der Waals surface area (Å²) in [4.78, 5) is 11.8. The maximum atomic E-state index is 8.65. The largest absolute Gasteiger partial charge is 0.264 e. The van der Waals surface area contributed by atoms with Gasteiger partial charge in [-0.2, -0.15) is 5.26 Å². The molecule has 2 aromatic heterocycles. The van der Waals surface area contributed by atoms with Crippen LogP contribution < -0.4 is 0 Å². The van der Waals surface area contributed by atoms with E-state index in [0.29, 0.717) is 11.4 Å². The van der Waals surface area contributed by atoms with E-state index in [4.69, 9.17) is 5.26 Å². The maximum absolute atomic E-state index is 8.65. The standard InChI is InChI=1S/C10H6N4/c11-5-9-4-10(14-7-13-9)8-2-1-3-12-6-8/h1-4,6-7H. The molecule has 4 heteroatoms. The molecule has 14 heavy (non-hydrogen) atoms. The van der Waals surface area contributed by atoms with Gasteiger partial charge in [0.05, 0.1) is 5.69 Å². The molecule has 0 aliphatic heterocycles. The number of nitriles is 1. The van der Waals surface area contributed by atoms with Crippen molar-refractivity contribution in [3.05, 3.63) is 42.6 Å². The quantitative estimate of drug-likeness (QED) is 0.668. The molecule has 4 nitrogen and oxygen atoms in total. The highest BCUT2D eigenvalue weighted by molar-refractivity contribution is 5.58. The third-order valence-corrected chi connectivity index (χ3v) is 1.74. The lowest BCUT2D eigenvalue weighted by molar-refractivity contribution is 1.14. The van der Waals surface area contributed by atoms with Gasteiger partial charge in [-0.15, -0.1) is 0 Å². The van der Waals surface area contributed by atoms with Crippen LogP contribution in [0.1, 0.15) is 5.69 Å². The second-order valence-corrected chi connectivity index (χ2v) is 2.64. The zero-order valence-corrected chi connectivity index (χ0v) is 7.25. The van der Waals surface area contributed by atoms with Crippen LogP contribution in [-0.2, 0) is 0 Å². The molecular formula is C10H6N4. The predicted molar refractivity (Wildman–Crippen MR) is 50.0 cm³/mol. The average Bonchev–Trinajstić information content (AvgIpc) is 2.30. The first-order chi connectivity index (χ1) is 6.90. The zero-order chi connectivity index (χ0) is 9.80. The van der Waals surface area contributed by atoms with E-state index in [0.717, 1.165) is 5.56 Å². The van der Waals surface area contributed by atoms with E-state index in [2.05, 4.69) is 15.0 Å². The highest BCUT2D eigenvalue weighted by atomic mass is 14.8. The van der Waals surface area contributed by atoms with Crippen molar-refractivity contribution in [2.24, 2.45) is 0 Å². The van der Waals surface area contributed by atoms with Crippen molar-refractivity contribution in [3.8, 4) is 17.3 Å². The number of hydrogen-bond acceptors (Lipinski definition) is 4. The van der Waals surface area contributed by atoms with Crippen LogP contribution in [0.2, 0.25) is 0 Å². The Kier molecular flexibility index (Phi) is 2.15. The minimum absolute atomic E-state index is 0.360. The molecule has 2 aromatic rings. The number of rotatable bonds is 1. The molecular weight excluding hydrogens is 176 g/mol. The summed E-state index contributed by atoms with van der Waals surface area (Å²) in [7, 11) is 0. The summed E-state index contributed by atoms with van der Waals surface area (Å²) in [5.74, 6) is 0. The van der Waals surface area contributed by atoms with Gasteiger partial charge in [0, 0.05) is 24.0 Å². The minimum atomic E-state index is 0.360. The Morgan fingerprint density at radius 2 is 2.21 bits per heavy atom. The number of aromatic nitrogens is 3. The van der Waals surface area contributed by atoms with E-state index in [-0.39, 0.29) is 0 Å². The van der Waals surface area contributed by atoms with Gasteiger partial charge >= 0.3 is 0 Å². The Hall–Kier alpha value is -2.28. The minimum Gasteiger partial charge on any atom is -0.264 e. The monoisotopic (exact) mass is 182 g/mol. The van der Waals surface area contributed by atoms with Crippen molar-refractivity contribution >= 4 is 0 Å². The predicted octanol–water partition coefficient (Wildman–Crippen LogP) is 1.41. The molecule has 66 valence electrons. The van der Waals surface area contributed by atoms with Crippen LogP contribution in [0, 0.1) is 11.3 Å². The summed E-state index contributed by atoms with van der Waals surface area (Å²) >= 11 is 0. The SMILES string of the molecule is N#Cc1cc(-c2cccnc2)ncn1. The Labute approximate surface area is 80.9 Å². The van der Waals surface area contributed by atoms with Gasteiger partial charge in [0.25, 0.3) is 0 Å². The fourth-order valence-electron chi connectivity index (χ4n) is 1.09. The topological polar surface area (TPSA) is 62.5 Å². The zero-order valence-electron chi connectivity index (χ0n) is 7.25. The van der Waals surface area contributed by atoms with Crippen molar-refractivity contribution in [1.29, 1.82) is 5.26 Å². The summed E-state index contributed by atoms with van der Waals surface area (Å²) < 4.78 is 0. The summed E-state index contributed by atoms with van der Waals surface area (Å²) in [5.41, 5.74) is 1.95. The first kappa shape index (κ1) is 8.32. The van der Waals surface area contributed by atoms with Crippen molar-refractivity contribution in [2.45, 2.75) is 0 Å². The van der Waals surface area contributed by atoms with Crippen LogP contribution >= 0.6 is 0 Å². The van der Waals surface area contributed by atoms with Crippen LogP contribution in [-0.4, -0.2) is 15.0 Å². The number of hydrogen-bond donors (Lipinski definition) is 0. The molecule has 0 atom stereocenters. The number of pyridine rings is 1. The molecule has 0 aromatic carbocycles. The molecule has 0 unspecified atom stereocenters. The van der Waals surface area contributed by atoms with Crippen LogP contribution in [0.3, 0.4) is 0 Å². The molecule has 0 bridgehead atoms. The van der Waals surface area contributed by atoms with Crippen molar-refractivity contribution in [1.82, 2.24) is 15.0 Å². The van der Waals surface area contributed by atoms with E-state index in [1.807, 2.05) is 18.2 Å². The molecule has 0 spiro atoms. The van der Waals surface area contributed by atoms with Crippen LogP contribution in [0.5, 0.6) is 0 Å². The average molecular weight is 182 g/mol. The fourth-order valence-corrected chi connectivity index (χ4v) is 1.09. The van der Waals surface area contributed by atoms with Crippen molar-refractivity contribution in [3.63, 3.8) is 0 Å². The van der Waals surface area contributed by atoms with E-state index in [1.54, 1.807) is 18.5 Å². The molecule has 0 aliphatic rings. The molecule has 0 fully saturated rings. The highest BCUT2D eigenvalue weighted by Gasteiger charge is 2.00. The van der Waals surface area contributed by atoms with Crippen LogP contribution in [0.15, 0.2) is 36.9 Å². The maximum Gasteiger partial charge on any atom is 0.144 e. The lowest BCUT2D eigenvalue weighted by atomic mass is 10.2. The molecule has 0 radical (unpaired) electrons. The van der Waals surface area contributed by atoms with Gasteiger partial charge in [-0.05, 0) is 12.1 Å². The third kappa shape index (κ3) is 1.57. The second-order valence-electron chi connectivity index (χ2n) is 2.64. The van der Waals surface area contributed by atoms with Gasteiger partial charge in [-0.25, -0.2) is 9.97 Å². The second kappa shape index (κ2) is 3.62. The lowest BCUT2D eigenvalue weighted by Gasteiger charge is -1.98. The van der Waals surface area contributed by atoms with Gasteiger partial charge in [0.2, 0.25) is 0 Å². The van der Waals surface area contributed by atoms with Gasteiger partial charge in [-0.3, -0.25) is 4.98 Å². The molecule has 0 saturated heterocycles. The lowest BCUT2D eigenvalue weighted by Crippen LogP contribution is -1.88. The van der Waals surface area contributed by atoms with Gasteiger partial charge in [0.1, 0.15) is 18.1 Å². The smallest absolute Gasteiger partial charge is 0.144 e. The fraction of sp³-hybridized carbons (Fsp3) is 0. The van der Waals surface area contributed by atoms with E-state index in [1.165, 1.54) is 6.33 Å². The first-order valence-electron chi connectivity index (χ1n) is 4.02. The van der Waals surface area contributed by atoms with E-state index >= 15 is 0 Å². The van der Waals surface area contributed by atoms with E-state index < -0.39 is 0 Å². The Morgan fingerprint density at radius 1 is 1.29 bits per heavy atom.